The van der Waals surface area contributed by atoms with E-state index in [1.54, 1.807) is 11.3 Å². The number of hydrogen-bond donors (Lipinski definition) is 1. The molecule has 3 heteroatoms. The number of hydrogen-bond acceptors (Lipinski definition) is 3. The van der Waals surface area contributed by atoms with Crippen molar-refractivity contribution in [1.29, 1.82) is 0 Å². The molecule has 0 spiro atoms. The fourth-order valence-corrected chi connectivity index (χ4v) is 3.32. The molecule has 0 amide bonds. The van der Waals surface area contributed by atoms with E-state index in [0.29, 0.717) is 12.5 Å². The zero-order valence-corrected chi connectivity index (χ0v) is 12.0. The van der Waals surface area contributed by atoms with E-state index in [4.69, 9.17) is 10.5 Å². The van der Waals surface area contributed by atoms with Gasteiger partial charge in [-0.3, -0.25) is 0 Å². The fourth-order valence-electron chi connectivity index (χ4n) is 2.36. The van der Waals surface area contributed by atoms with Crippen LogP contribution in [0.4, 0.5) is 0 Å². The van der Waals surface area contributed by atoms with Gasteiger partial charge >= 0.3 is 0 Å². The van der Waals surface area contributed by atoms with Crippen molar-refractivity contribution in [1.82, 2.24) is 0 Å². The molecule has 2 nitrogen and oxygen atoms in total. The highest BCUT2D eigenvalue weighted by molar-refractivity contribution is 7.17. The summed E-state index contributed by atoms with van der Waals surface area (Å²) in [6, 6.07) is 8.41. The third-order valence-corrected chi connectivity index (χ3v) is 4.22. The molecule has 0 radical (unpaired) electrons. The Hall–Kier alpha value is -0.900. The van der Waals surface area contributed by atoms with Crippen LogP contribution < -0.4 is 5.73 Å². The predicted octanol–water partition coefficient (Wildman–Crippen LogP) is 3.96. The van der Waals surface area contributed by atoms with Crippen molar-refractivity contribution in [2.45, 2.75) is 32.9 Å². The largest absolute Gasteiger partial charge is 0.376 e. The van der Waals surface area contributed by atoms with Crippen LogP contribution in [0.1, 0.15) is 32.4 Å². The smallest absolute Gasteiger partial charge is 0.0790 e. The van der Waals surface area contributed by atoms with Gasteiger partial charge in [0.05, 0.1) is 12.1 Å². The lowest BCUT2D eigenvalue weighted by Gasteiger charge is -2.27. The molecule has 2 N–H and O–H groups in total. The van der Waals surface area contributed by atoms with Gasteiger partial charge < -0.3 is 10.5 Å². The summed E-state index contributed by atoms with van der Waals surface area (Å²) in [5.74, 6) is 0.412. The first-order chi connectivity index (χ1) is 8.65. The zero-order valence-electron chi connectivity index (χ0n) is 11.2. The fraction of sp³-hybridized carbons (Fsp3) is 0.467. The summed E-state index contributed by atoms with van der Waals surface area (Å²) in [4.78, 5) is 0. The Morgan fingerprint density at radius 3 is 2.72 bits per heavy atom. The van der Waals surface area contributed by atoms with Crippen LogP contribution in [-0.2, 0) is 4.74 Å². The van der Waals surface area contributed by atoms with Gasteiger partial charge in [-0.1, -0.05) is 32.0 Å². The molecule has 98 valence electrons. The summed E-state index contributed by atoms with van der Waals surface area (Å²) in [6.07, 6.45) is 0.0719. The van der Waals surface area contributed by atoms with Crippen LogP contribution in [-0.4, -0.2) is 12.7 Å². The first-order valence-electron chi connectivity index (χ1n) is 6.48. The van der Waals surface area contributed by atoms with E-state index in [0.717, 1.165) is 0 Å². The Kier molecular flexibility index (Phi) is 4.38. The van der Waals surface area contributed by atoms with Crippen molar-refractivity contribution in [3.63, 3.8) is 0 Å². The molecule has 0 saturated carbocycles. The SMILES string of the molecule is CCOC(C(C)C)C(N)c1cccc2ccsc12. The molecule has 0 fully saturated rings. The van der Waals surface area contributed by atoms with Crippen LogP contribution in [0.25, 0.3) is 10.1 Å². The average Bonchev–Trinajstić information content (AvgIpc) is 2.82. The molecule has 18 heavy (non-hydrogen) atoms. The van der Waals surface area contributed by atoms with Gasteiger partial charge in [0.15, 0.2) is 0 Å². The topological polar surface area (TPSA) is 35.2 Å². The molecule has 0 bridgehead atoms. The Labute approximate surface area is 113 Å². The minimum absolute atomic E-state index is 0.0627. The summed E-state index contributed by atoms with van der Waals surface area (Å²) in [5, 5.41) is 3.39. The Balaban J connectivity index is 2.37. The maximum absolute atomic E-state index is 6.43. The molecule has 0 saturated heterocycles. The number of fused-ring (bicyclic) bond motifs is 1. The highest BCUT2D eigenvalue weighted by Crippen LogP contribution is 2.31. The molecule has 2 aromatic rings. The number of rotatable bonds is 5. The molecule has 2 atom stereocenters. The molecular weight excluding hydrogens is 242 g/mol. The van der Waals surface area contributed by atoms with Crippen LogP contribution in [0.15, 0.2) is 29.6 Å². The van der Waals surface area contributed by atoms with E-state index in [-0.39, 0.29) is 12.1 Å². The highest BCUT2D eigenvalue weighted by Gasteiger charge is 2.24. The molecule has 0 aliphatic heterocycles. The number of ether oxygens (including phenoxy) is 1. The van der Waals surface area contributed by atoms with Gasteiger partial charge in [0.1, 0.15) is 0 Å². The second-order valence-electron chi connectivity index (χ2n) is 4.88. The summed E-state index contributed by atoms with van der Waals surface area (Å²) in [6.45, 7) is 7.05. The Bertz CT molecular complexity index is 506. The van der Waals surface area contributed by atoms with Crippen LogP contribution in [0.2, 0.25) is 0 Å². The second kappa shape index (κ2) is 5.83. The van der Waals surface area contributed by atoms with Gasteiger partial charge in [0.25, 0.3) is 0 Å². The Morgan fingerprint density at radius 1 is 1.28 bits per heavy atom. The average molecular weight is 263 g/mol. The van der Waals surface area contributed by atoms with Crippen molar-refractivity contribution < 1.29 is 4.74 Å². The van der Waals surface area contributed by atoms with E-state index < -0.39 is 0 Å². The van der Waals surface area contributed by atoms with Crippen molar-refractivity contribution in [2.24, 2.45) is 11.7 Å². The third-order valence-electron chi connectivity index (χ3n) is 3.24. The van der Waals surface area contributed by atoms with Gasteiger partial charge in [0.2, 0.25) is 0 Å². The number of thiophene rings is 1. The van der Waals surface area contributed by atoms with Crippen molar-refractivity contribution in [3.8, 4) is 0 Å². The molecule has 1 heterocycles. The lowest BCUT2D eigenvalue weighted by atomic mass is 9.93. The van der Waals surface area contributed by atoms with E-state index in [1.165, 1.54) is 15.6 Å². The van der Waals surface area contributed by atoms with Crippen molar-refractivity contribution in [3.05, 3.63) is 35.2 Å². The summed E-state index contributed by atoms with van der Waals surface area (Å²) in [5.41, 5.74) is 7.64. The summed E-state index contributed by atoms with van der Waals surface area (Å²) < 4.78 is 7.11. The van der Waals surface area contributed by atoms with Gasteiger partial charge in [-0.05, 0) is 35.2 Å². The highest BCUT2D eigenvalue weighted by atomic mass is 32.1. The molecular formula is C15H21NOS. The van der Waals surface area contributed by atoms with Crippen molar-refractivity contribution in [2.75, 3.05) is 6.61 Å². The van der Waals surface area contributed by atoms with Gasteiger partial charge in [-0.25, -0.2) is 0 Å². The van der Waals surface area contributed by atoms with Gasteiger partial charge in [0, 0.05) is 11.3 Å². The molecule has 2 unspecified atom stereocenters. The minimum Gasteiger partial charge on any atom is -0.376 e. The number of benzene rings is 1. The second-order valence-corrected chi connectivity index (χ2v) is 5.79. The molecule has 0 aliphatic carbocycles. The van der Waals surface area contributed by atoms with E-state index in [1.807, 2.05) is 6.92 Å². The first kappa shape index (κ1) is 13.5. The van der Waals surface area contributed by atoms with Crippen LogP contribution >= 0.6 is 11.3 Å². The molecule has 1 aromatic carbocycles. The molecule has 2 rings (SSSR count). The zero-order chi connectivity index (χ0) is 13.1. The number of nitrogens with two attached hydrogens (primary N) is 1. The first-order valence-corrected chi connectivity index (χ1v) is 7.36. The van der Waals surface area contributed by atoms with Crippen LogP contribution in [0, 0.1) is 5.92 Å². The standard InChI is InChI=1S/C15H21NOS/c1-4-17-14(10(2)3)13(16)12-7-5-6-11-8-9-18-15(11)12/h5-10,13-14H,4,16H2,1-3H3. The van der Waals surface area contributed by atoms with Gasteiger partial charge in [-0.2, -0.15) is 0 Å². The maximum atomic E-state index is 6.43. The Morgan fingerprint density at radius 2 is 2.06 bits per heavy atom. The quantitative estimate of drug-likeness (QED) is 0.886. The van der Waals surface area contributed by atoms with E-state index in [9.17, 15) is 0 Å². The summed E-state index contributed by atoms with van der Waals surface area (Å²) >= 11 is 1.75. The third kappa shape index (κ3) is 2.58. The minimum atomic E-state index is -0.0627. The van der Waals surface area contributed by atoms with Crippen LogP contribution in [0.5, 0.6) is 0 Å². The van der Waals surface area contributed by atoms with Gasteiger partial charge in [-0.15, -0.1) is 11.3 Å². The van der Waals surface area contributed by atoms with Crippen LogP contribution in [0.3, 0.4) is 0 Å². The van der Waals surface area contributed by atoms with Crippen molar-refractivity contribution >= 4 is 21.4 Å². The normalized spacial score (nSPS) is 15.2. The monoisotopic (exact) mass is 263 g/mol. The molecule has 1 aromatic heterocycles. The lowest BCUT2D eigenvalue weighted by Crippen LogP contribution is -2.33. The summed E-state index contributed by atoms with van der Waals surface area (Å²) in [7, 11) is 0. The maximum Gasteiger partial charge on any atom is 0.0790 e. The predicted molar refractivity (Wildman–Crippen MR) is 79.0 cm³/mol. The molecule has 0 aliphatic rings. The lowest BCUT2D eigenvalue weighted by molar-refractivity contribution is 0.0125. The van der Waals surface area contributed by atoms with E-state index in [2.05, 4.69) is 43.5 Å². The van der Waals surface area contributed by atoms with E-state index >= 15 is 0 Å².